The first kappa shape index (κ1) is 14.3. The number of nitrogens with one attached hydrogen (secondary N) is 1. The normalized spacial score (nSPS) is 12.7. The lowest BCUT2D eigenvalue weighted by Crippen LogP contribution is -2.23. The maximum absolute atomic E-state index is 12.3. The van der Waals surface area contributed by atoms with Gasteiger partial charge in [0.15, 0.2) is 0 Å². The van der Waals surface area contributed by atoms with E-state index in [2.05, 4.69) is 29.2 Å². The van der Waals surface area contributed by atoms with Crippen molar-refractivity contribution in [1.29, 1.82) is 0 Å². The molecule has 1 atom stereocenters. The third kappa shape index (κ3) is 3.07. The Balaban J connectivity index is 2.08. The third-order valence-corrected chi connectivity index (χ3v) is 3.21. The molecule has 1 unspecified atom stereocenters. The van der Waals surface area contributed by atoms with Gasteiger partial charge in [0.2, 0.25) is 11.9 Å². The van der Waals surface area contributed by atoms with Crippen molar-refractivity contribution in [3.8, 4) is 0 Å². The second-order valence-electron chi connectivity index (χ2n) is 5.39. The Morgan fingerprint density at radius 1 is 1.35 bits per heavy atom. The Bertz CT molecular complexity index is 584. The van der Waals surface area contributed by atoms with E-state index in [1.54, 1.807) is 17.1 Å². The van der Waals surface area contributed by atoms with E-state index in [4.69, 9.17) is 0 Å². The molecule has 0 aliphatic heterocycles. The van der Waals surface area contributed by atoms with E-state index < -0.39 is 0 Å². The second-order valence-corrected chi connectivity index (χ2v) is 5.39. The van der Waals surface area contributed by atoms with Gasteiger partial charge in [0.25, 0.3) is 0 Å². The number of aryl methyl sites for hydroxylation is 1. The zero-order valence-corrected chi connectivity index (χ0v) is 12.4. The molecule has 0 aliphatic carbocycles. The maximum atomic E-state index is 12.3. The van der Waals surface area contributed by atoms with Crippen molar-refractivity contribution in [2.75, 3.05) is 5.32 Å². The lowest BCUT2D eigenvalue weighted by Gasteiger charge is -2.14. The molecule has 0 aromatic carbocycles. The molecule has 0 fully saturated rings. The molecule has 0 saturated heterocycles. The van der Waals surface area contributed by atoms with Gasteiger partial charge in [0, 0.05) is 32.2 Å². The van der Waals surface area contributed by atoms with Gasteiger partial charge in [-0.2, -0.15) is 5.10 Å². The number of imidazole rings is 1. The summed E-state index contributed by atoms with van der Waals surface area (Å²) in [5.41, 5.74) is 0.879. The number of rotatable bonds is 5. The fourth-order valence-electron chi connectivity index (χ4n) is 2.14. The standard InChI is InChI=1S/C14H21N5O/c1-10(2)9-19-8-7-15-14(19)17-13(20)11(3)12-5-6-16-18(12)4/h5-8,10-11H,9H2,1-4H3,(H,15,17,20). The van der Waals surface area contributed by atoms with Crippen LogP contribution in [-0.2, 0) is 18.4 Å². The van der Waals surface area contributed by atoms with Crippen LogP contribution in [0.3, 0.4) is 0 Å². The third-order valence-electron chi connectivity index (χ3n) is 3.21. The monoisotopic (exact) mass is 275 g/mol. The number of hydrogen-bond acceptors (Lipinski definition) is 3. The Labute approximate surface area is 118 Å². The molecule has 2 aromatic rings. The Morgan fingerprint density at radius 3 is 2.70 bits per heavy atom. The number of carbonyl (C=O) groups is 1. The van der Waals surface area contributed by atoms with Crippen LogP contribution in [0, 0.1) is 5.92 Å². The summed E-state index contributed by atoms with van der Waals surface area (Å²) in [7, 11) is 1.83. The van der Waals surface area contributed by atoms with Crippen LogP contribution < -0.4 is 5.32 Å². The molecule has 1 N–H and O–H groups in total. The van der Waals surface area contributed by atoms with Crippen molar-refractivity contribution < 1.29 is 4.79 Å². The van der Waals surface area contributed by atoms with Gasteiger partial charge >= 0.3 is 0 Å². The van der Waals surface area contributed by atoms with E-state index in [1.165, 1.54) is 0 Å². The van der Waals surface area contributed by atoms with Gasteiger partial charge in [-0.25, -0.2) is 4.98 Å². The van der Waals surface area contributed by atoms with E-state index in [0.717, 1.165) is 12.2 Å². The Morgan fingerprint density at radius 2 is 2.10 bits per heavy atom. The molecular weight excluding hydrogens is 254 g/mol. The molecule has 2 rings (SSSR count). The summed E-state index contributed by atoms with van der Waals surface area (Å²) in [6.07, 6.45) is 5.27. The van der Waals surface area contributed by atoms with Crippen molar-refractivity contribution in [2.45, 2.75) is 33.2 Å². The van der Waals surface area contributed by atoms with Crippen LogP contribution in [0.1, 0.15) is 32.4 Å². The molecule has 0 spiro atoms. The Hall–Kier alpha value is -2.11. The average molecular weight is 275 g/mol. The molecule has 108 valence electrons. The number of hydrogen-bond donors (Lipinski definition) is 1. The van der Waals surface area contributed by atoms with Gasteiger partial charge in [-0.15, -0.1) is 0 Å². The average Bonchev–Trinajstić information content (AvgIpc) is 2.97. The van der Waals surface area contributed by atoms with Gasteiger partial charge in [0.1, 0.15) is 0 Å². The summed E-state index contributed by atoms with van der Waals surface area (Å²) in [4.78, 5) is 16.5. The lowest BCUT2D eigenvalue weighted by atomic mass is 10.1. The summed E-state index contributed by atoms with van der Waals surface area (Å²) in [5, 5.41) is 6.97. The highest BCUT2D eigenvalue weighted by Gasteiger charge is 2.19. The van der Waals surface area contributed by atoms with Crippen LogP contribution in [0.25, 0.3) is 0 Å². The van der Waals surface area contributed by atoms with Gasteiger partial charge < -0.3 is 4.57 Å². The molecule has 0 bridgehead atoms. The smallest absolute Gasteiger partial charge is 0.235 e. The van der Waals surface area contributed by atoms with Gasteiger partial charge in [-0.05, 0) is 18.9 Å². The van der Waals surface area contributed by atoms with Crippen LogP contribution in [0.15, 0.2) is 24.7 Å². The predicted octanol–water partition coefficient (Wildman–Crippen LogP) is 2.01. The van der Waals surface area contributed by atoms with Crippen LogP contribution in [0.2, 0.25) is 0 Å². The topological polar surface area (TPSA) is 64.7 Å². The minimum absolute atomic E-state index is 0.0789. The zero-order valence-electron chi connectivity index (χ0n) is 12.4. The van der Waals surface area contributed by atoms with Crippen molar-refractivity contribution in [3.05, 3.63) is 30.4 Å². The van der Waals surface area contributed by atoms with Crippen LogP contribution in [-0.4, -0.2) is 25.2 Å². The predicted molar refractivity (Wildman–Crippen MR) is 77.3 cm³/mol. The molecular formula is C14H21N5O. The van der Waals surface area contributed by atoms with Gasteiger partial charge in [-0.3, -0.25) is 14.8 Å². The van der Waals surface area contributed by atoms with Crippen LogP contribution in [0.5, 0.6) is 0 Å². The molecule has 0 saturated carbocycles. The number of amides is 1. The van der Waals surface area contributed by atoms with Crippen LogP contribution >= 0.6 is 0 Å². The van der Waals surface area contributed by atoms with Crippen molar-refractivity contribution in [1.82, 2.24) is 19.3 Å². The van der Waals surface area contributed by atoms with Gasteiger partial charge in [-0.1, -0.05) is 13.8 Å². The van der Waals surface area contributed by atoms with Crippen molar-refractivity contribution in [3.63, 3.8) is 0 Å². The van der Waals surface area contributed by atoms with Crippen molar-refractivity contribution >= 4 is 11.9 Å². The zero-order chi connectivity index (χ0) is 14.7. The van der Waals surface area contributed by atoms with E-state index in [-0.39, 0.29) is 11.8 Å². The summed E-state index contributed by atoms with van der Waals surface area (Å²) in [6.45, 7) is 6.95. The quantitative estimate of drug-likeness (QED) is 0.908. The highest BCUT2D eigenvalue weighted by atomic mass is 16.2. The summed E-state index contributed by atoms with van der Waals surface area (Å²) >= 11 is 0. The number of carbonyl (C=O) groups excluding carboxylic acids is 1. The lowest BCUT2D eigenvalue weighted by molar-refractivity contribution is -0.117. The van der Waals surface area contributed by atoms with Gasteiger partial charge in [0.05, 0.1) is 11.6 Å². The minimum Gasteiger partial charge on any atom is -0.317 e. The van der Waals surface area contributed by atoms with E-state index in [0.29, 0.717) is 11.9 Å². The van der Waals surface area contributed by atoms with E-state index in [9.17, 15) is 4.79 Å². The fraction of sp³-hybridized carbons (Fsp3) is 0.500. The first-order valence-corrected chi connectivity index (χ1v) is 6.79. The molecule has 6 heteroatoms. The number of anilines is 1. The summed E-state index contributed by atoms with van der Waals surface area (Å²) in [5.74, 6) is 0.739. The van der Waals surface area contributed by atoms with E-state index >= 15 is 0 Å². The van der Waals surface area contributed by atoms with Crippen molar-refractivity contribution in [2.24, 2.45) is 13.0 Å². The van der Waals surface area contributed by atoms with Crippen LogP contribution in [0.4, 0.5) is 5.95 Å². The molecule has 2 aromatic heterocycles. The molecule has 20 heavy (non-hydrogen) atoms. The SMILES string of the molecule is CC(C)Cn1ccnc1NC(=O)C(C)c1ccnn1C. The number of aromatic nitrogens is 4. The molecule has 0 aliphatic rings. The minimum atomic E-state index is -0.272. The molecule has 1 amide bonds. The second kappa shape index (κ2) is 5.90. The summed E-state index contributed by atoms with van der Waals surface area (Å²) < 4.78 is 3.67. The molecule has 6 nitrogen and oxygen atoms in total. The fourth-order valence-corrected chi connectivity index (χ4v) is 2.14. The highest BCUT2D eigenvalue weighted by Crippen LogP contribution is 2.17. The molecule has 0 radical (unpaired) electrons. The maximum Gasteiger partial charge on any atom is 0.235 e. The largest absolute Gasteiger partial charge is 0.317 e. The highest BCUT2D eigenvalue weighted by molar-refractivity contribution is 5.94. The Kier molecular flexibility index (Phi) is 4.22. The number of nitrogens with zero attached hydrogens (tertiary/aromatic N) is 4. The van der Waals surface area contributed by atoms with E-state index in [1.807, 2.05) is 30.8 Å². The first-order chi connectivity index (χ1) is 9.49. The molecule has 2 heterocycles. The summed E-state index contributed by atoms with van der Waals surface area (Å²) in [6, 6.07) is 1.85. The first-order valence-electron chi connectivity index (χ1n) is 6.79.